The first-order valence-electron chi connectivity index (χ1n) is 5.13. The monoisotopic (exact) mass is 183 g/mol. The van der Waals surface area contributed by atoms with Crippen LogP contribution < -0.4 is 10.7 Å². The number of piperidine rings is 1. The number of hydrazine groups is 1. The Balaban J connectivity index is 1.87. The summed E-state index contributed by atoms with van der Waals surface area (Å²) in [6.07, 6.45) is 4.11. The first-order valence-corrected chi connectivity index (χ1v) is 5.13. The van der Waals surface area contributed by atoms with Crippen LogP contribution in [0.25, 0.3) is 0 Å². The maximum absolute atomic E-state index is 11.1. The number of hydrogen-bond donors (Lipinski definition) is 2. The van der Waals surface area contributed by atoms with Gasteiger partial charge < -0.3 is 5.32 Å². The zero-order valence-electron chi connectivity index (χ0n) is 7.88. The van der Waals surface area contributed by atoms with Crippen molar-refractivity contribution in [1.82, 2.24) is 15.8 Å². The summed E-state index contributed by atoms with van der Waals surface area (Å²) < 4.78 is 0. The van der Waals surface area contributed by atoms with Crippen molar-refractivity contribution in [2.24, 2.45) is 0 Å². The summed E-state index contributed by atoms with van der Waals surface area (Å²) in [5.74, 6) is 0.178. The highest BCUT2D eigenvalue weighted by Gasteiger charge is 2.24. The number of rotatable bonds is 1. The fourth-order valence-electron chi connectivity index (χ4n) is 2.06. The number of amides is 1. The summed E-state index contributed by atoms with van der Waals surface area (Å²) in [7, 11) is 0. The molecule has 0 spiro atoms. The highest BCUT2D eigenvalue weighted by atomic mass is 16.2. The lowest BCUT2D eigenvalue weighted by molar-refractivity contribution is -0.130. The molecule has 13 heavy (non-hydrogen) atoms. The van der Waals surface area contributed by atoms with Gasteiger partial charge in [0.05, 0.1) is 0 Å². The van der Waals surface area contributed by atoms with E-state index in [2.05, 4.69) is 15.8 Å². The molecule has 1 unspecified atom stereocenters. The maximum atomic E-state index is 11.1. The number of hydrogen-bond acceptors (Lipinski definition) is 3. The van der Waals surface area contributed by atoms with Gasteiger partial charge in [-0.05, 0) is 25.8 Å². The van der Waals surface area contributed by atoms with Crippen LogP contribution in [0.3, 0.4) is 0 Å². The topological polar surface area (TPSA) is 44.4 Å². The van der Waals surface area contributed by atoms with E-state index in [0.29, 0.717) is 12.5 Å². The minimum absolute atomic E-state index is 0.178. The molecule has 0 saturated carbocycles. The molecular weight excluding hydrogens is 166 g/mol. The van der Waals surface area contributed by atoms with Crippen LogP contribution in [0.5, 0.6) is 0 Å². The molecule has 0 radical (unpaired) electrons. The van der Waals surface area contributed by atoms with Crippen molar-refractivity contribution in [3.05, 3.63) is 0 Å². The zero-order chi connectivity index (χ0) is 9.10. The van der Waals surface area contributed by atoms with E-state index in [4.69, 9.17) is 0 Å². The molecule has 2 aliphatic heterocycles. The minimum Gasteiger partial charge on any atom is -0.315 e. The Bertz CT molecular complexity index is 189. The lowest BCUT2D eigenvalue weighted by Gasteiger charge is -2.36. The second-order valence-electron chi connectivity index (χ2n) is 3.83. The Labute approximate surface area is 78.6 Å². The molecule has 4 heteroatoms. The van der Waals surface area contributed by atoms with Crippen LogP contribution in [-0.2, 0) is 4.79 Å². The van der Waals surface area contributed by atoms with Crippen molar-refractivity contribution in [3.8, 4) is 0 Å². The van der Waals surface area contributed by atoms with E-state index < -0.39 is 0 Å². The third kappa shape index (κ3) is 2.19. The summed E-state index contributed by atoms with van der Waals surface area (Å²) in [5, 5.41) is 5.46. The summed E-state index contributed by atoms with van der Waals surface area (Å²) in [5.41, 5.74) is 2.94. The van der Waals surface area contributed by atoms with Gasteiger partial charge in [-0.1, -0.05) is 0 Å². The van der Waals surface area contributed by atoms with Crippen molar-refractivity contribution in [2.75, 3.05) is 19.6 Å². The van der Waals surface area contributed by atoms with Crippen molar-refractivity contribution < 1.29 is 4.79 Å². The van der Waals surface area contributed by atoms with Crippen molar-refractivity contribution in [3.63, 3.8) is 0 Å². The molecule has 0 aromatic carbocycles. The molecule has 74 valence electrons. The molecule has 4 nitrogen and oxygen atoms in total. The van der Waals surface area contributed by atoms with E-state index in [9.17, 15) is 4.79 Å². The Morgan fingerprint density at radius 1 is 1.38 bits per heavy atom. The Kier molecular flexibility index (Phi) is 2.80. The standard InChI is InChI=1S/C9H17N3O/c13-9-4-2-6-12(11-9)8-3-1-5-10-7-8/h8,10H,1-7H2,(H,11,13). The predicted molar refractivity (Wildman–Crippen MR) is 50.0 cm³/mol. The zero-order valence-corrected chi connectivity index (χ0v) is 7.88. The predicted octanol–water partition coefficient (Wildman–Crippen LogP) is -0.135. The molecule has 0 aromatic rings. The van der Waals surface area contributed by atoms with Crippen LogP contribution in [0, 0.1) is 0 Å². The largest absolute Gasteiger partial charge is 0.315 e. The van der Waals surface area contributed by atoms with Crippen LogP contribution >= 0.6 is 0 Å². The van der Waals surface area contributed by atoms with E-state index in [1.165, 1.54) is 12.8 Å². The average molecular weight is 183 g/mol. The highest BCUT2D eigenvalue weighted by molar-refractivity contribution is 5.75. The third-order valence-corrected chi connectivity index (χ3v) is 2.78. The first-order chi connectivity index (χ1) is 6.36. The van der Waals surface area contributed by atoms with Gasteiger partial charge in [0.1, 0.15) is 0 Å². The molecule has 0 aromatic heterocycles. The van der Waals surface area contributed by atoms with E-state index in [-0.39, 0.29) is 5.91 Å². The Hall–Kier alpha value is -0.610. The summed E-state index contributed by atoms with van der Waals surface area (Å²) in [4.78, 5) is 11.1. The Morgan fingerprint density at radius 3 is 3.00 bits per heavy atom. The van der Waals surface area contributed by atoms with Gasteiger partial charge in [-0.3, -0.25) is 10.2 Å². The second kappa shape index (κ2) is 4.07. The molecular formula is C9H17N3O. The highest BCUT2D eigenvalue weighted by Crippen LogP contribution is 2.11. The van der Waals surface area contributed by atoms with Gasteiger partial charge in [-0.25, -0.2) is 5.01 Å². The number of carbonyl (C=O) groups excluding carboxylic acids is 1. The van der Waals surface area contributed by atoms with E-state index in [1.807, 2.05) is 0 Å². The van der Waals surface area contributed by atoms with Crippen molar-refractivity contribution >= 4 is 5.91 Å². The summed E-state index contributed by atoms with van der Waals surface area (Å²) >= 11 is 0. The minimum atomic E-state index is 0.178. The fourth-order valence-corrected chi connectivity index (χ4v) is 2.06. The molecule has 2 fully saturated rings. The van der Waals surface area contributed by atoms with Gasteiger partial charge in [0.15, 0.2) is 0 Å². The molecule has 2 rings (SSSR count). The van der Waals surface area contributed by atoms with Crippen molar-refractivity contribution in [2.45, 2.75) is 31.7 Å². The van der Waals surface area contributed by atoms with Crippen LogP contribution in [-0.4, -0.2) is 36.6 Å². The molecule has 0 aliphatic carbocycles. The molecule has 0 bridgehead atoms. The van der Waals surface area contributed by atoms with Crippen LogP contribution in [0.15, 0.2) is 0 Å². The van der Waals surface area contributed by atoms with Crippen LogP contribution in [0.1, 0.15) is 25.7 Å². The van der Waals surface area contributed by atoms with Crippen LogP contribution in [0.4, 0.5) is 0 Å². The average Bonchev–Trinajstić information content (AvgIpc) is 2.19. The van der Waals surface area contributed by atoms with E-state index >= 15 is 0 Å². The van der Waals surface area contributed by atoms with Gasteiger partial charge in [0, 0.05) is 25.6 Å². The second-order valence-corrected chi connectivity index (χ2v) is 3.83. The lowest BCUT2D eigenvalue weighted by Crippen LogP contribution is -2.56. The summed E-state index contributed by atoms with van der Waals surface area (Å²) in [6.45, 7) is 3.15. The number of nitrogens with zero attached hydrogens (tertiary/aromatic N) is 1. The summed E-state index contributed by atoms with van der Waals surface area (Å²) in [6, 6.07) is 0.512. The maximum Gasteiger partial charge on any atom is 0.234 e. The van der Waals surface area contributed by atoms with E-state index in [0.717, 1.165) is 26.1 Å². The van der Waals surface area contributed by atoms with Crippen LogP contribution in [0.2, 0.25) is 0 Å². The quantitative estimate of drug-likeness (QED) is 0.595. The third-order valence-electron chi connectivity index (χ3n) is 2.78. The number of nitrogens with one attached hydrogen (secondary N) is 2. The molecule has 2 heterocycles. The Morgan fingerprint density at radius 2 is 2.31 bits per heavy atom. The molecule has 1 amide bonds. The fraction of sp³-hybridized carbons (Fsp3) is 0.889. The van der Waals surface area contributed by atoms with E-state index in [1.54, 1.807) is 0 Å². The van der Waals surface area contributed by atoms with Gasteiger partial charge in [0.2, 0.25) is 5.91 Å². The molecule has 2 saturated heterocycles. The molecule has 2 N–H and O–H groups in total. The van der Waals surface area contributed by atoms with Gasteiger partial charge >= 0.3 is 0 Å². The molecule has 1 atom stereocenters. The number of carbonyl (C=O) groups is 1. The smallest absolute Gasteiger partial charge is 0.234 e. The van der Waals surface area contributed by atoms with Gasteiger partial charge in [0.25, 0.3) is 0 Å². The SMILES string of the molecule is O=C1CCCN(C2CCCNC2)N1. The molecule has 2 aliphatic rings. The van der Waals surface area contributed by atoms with Crippen molar-refractivity contribution in [1.29, 1.82) is 0 Å². The normalized spacial score (nSPS) is 31.4. The lowest BCUT2D eigenvalue weighted by atomic mass is 10.1. The first kappa shape index (κ1) is 8.97. The van der Waals surface area contributed by atoms with Gasteiger partial charge in [-0.15, -0.1) is 0 Å². The van der Waals surface area contributed by atoms with Gasteiger partial charge in [-0.2, -0.15) is 0 Å².